The van der Waals surface area contributed by atoms with Gasteiger partial charge in [0, 0.05) is 6.20 Å². The zero-order valence-corrected chi connectivity index (χ0v) is 8.44. The van der Waals surface area contributed by atoms with Gasteiger partial charge in [0.25, 0.3) is 0 Å². The Morgan fingerprint density at radius 2 is 2.14 bits per heavy atom. The lowest BCUT2D eigenvalue weighted by molar-refractivity contribution is 0.647. The molecule has 72 valence electrons. The predicted octanol–water partition coefficient (Wildman–Crippen LogP) is 1.94. The zero-order valence-electron chi connectivity index (χ0n) is 8.44. The van der Waals surface area contributed by atoms with Crippen LogP contribution in [0.15, 0.2) is 30.6 Å². The van der Waals surface area contributed by atoms with Crippen LogP contribution in [0.4, 0.5) is 0 Å². The van der Waals surface area contributed by atoms with E-state index in [1.54, 1.807) is 6.20 Å². The second kappa shape index (κ2) is 3.62. The lowest BCUT2D eigenvalue weighted by atomic mass is 10.1. The first kappa shape index (κ1) is 8.94. The molecular formula is C11H13N3. The third-order valence-corrected chi connectivity index (χ3v) is 2.31. The normalized spacial score (nSPS) is 10.4. The third kappa shape index (κ3) is 1.82. The van der Waals surface area contributed by atoms with Crippen molar-refractivity contribution in [1.82, 2.24) is 15.0 Å². The Labute approximate surface area is 83.4 Å². The molecule has 0 aliphatic rings. The van der Waals surface area contributed by atoms with Crippen molar-refractivity contribution in [1.29, 1.82) is 0 Å². The van der Waals surface area contributed by atoms with Crippen molar-refractivity contribution in [3.8, 4) is 0 Å². The summed E-state index contributed by atoms with van der Waals surface area (Å²) >= 11 is 0. The molecule has 0 radical (unpaired) electrons. The Morgan fingerprint density at radius 3 is 2.86 bits per heavy atom. The standard InChI is InChI=1S/C11H13N3/c1-9-3-4-10(2)11(7-9)8-14-6-5-12-13-14/h3-7H,8H2,1-2H3. The number of nitrogens with zero attached hydrogens (tertiary/aromatic N) is 3. The fraction of sp³-hybridized carbons (Fsp3) is 0.273. The van der Waals surface area contributed by atoms with E-state index in [0.29, 0.717) is 0 Å². The van der Waals surface area contributed by atoms with Gasteiger partial charge in [-0.15, -0.1) is 5.10 Å². The topological polar surface area (TPSA) is 30.7 Å². The summed E-state index contributed by atoms with van der Waals surface area (Å²) in [5.41, 5.74) is 3.88. The van der Waals surface area contributed by atoms with Crippen LogP contribution in [-0.4, -0.2) is 15.0 Å². The van der Waals surface area contributed by atoms with Crippen LogP contribution in [0.2, 0.25) is 0 Å². The maximum Gasteiger partial charge on any atom is 0.0693 e. The van der Waals surface area contributed by atoms with Crippen molar-refractivity contribution in [2.24, 2.45) is 0 Å². The number of aryl methyl sites for hydroxylation is 2. The quantitative estimate of drug-likeness (QED) is 0.719. The summed E-state index contributed by atoms with van der Waals surface area (Å²) in [5.74, 6) is 0. The van der Waals surface area contributed by atoms with Crippen LogP contribution in [0.3, 0.4) is 0 Å². The highest BCUT2D eigenvalue weighted by Gasteiger charge is 1.99. The molecule has 2 rings (SSSR count). The van der Waals surface area contributed by atoms with Crippen LogP contribution < -0.4 is 0 Å². The minimum atomic E-state index is 0.799. The monoisotopic (exact) mass is 187 g/mol. The molecule has 0 saturated heterocycles. The summed E-state index contributed by atoms with van der Waals surface area (Å²) in [6, 6.07) is 6.46. The van der Waals surface area contributed by atoms with Gasteiger partial charge in [0.1, 0.15) is 0 Å². The number of benzene rings is 1. The van der Waals surface area contributed by atoms with Gasteiger partial charge in [0.2, 0.25) is 0 Å². The first-order chi connectivity index (χ1) is 6.75. The highest BCUT2D eigenvalue weighted by molar-refractivity contribution is 5.30. The van der Waals surface area contributed by atoms with Gasteiger partial charge >= 0.3 is 0 Å². The van der Waals surface area contributed by atoms with E-state index in [9.17, 15) is 0 Å². The largest absolute Gasteiger partial charge is 0.248 e. The second-order valence-corrected chi connectivity index (χ2v) is 3.53. The zero-order chi connectivity index (χ0) is 9.97. The van der Waals surface area contributed by atoms with Crippen molar-refractivity contribution >= 4 is 0 Å². The molecule has 0 aliphatic heterocycles. The molecule has 0 fully saturated rings. The molecule has 0 bridgehead atoms. The molecule has 0 atom stereocenters. The van der Waals surface area contributed by atoms with E-state index >= 15 is 0 Å². The molecule has 0 amide bonds. The second-order valence-electron chi connectivity index (χ2n) is 3.53. The average Bonchev–Trinajstić information content (AvgIpc) is 2.64. The highest BCUT2D eigenvalue weighted by atomic mass is 15.4. The Balaban J connectivity index is 2.28. The van der Waals surface area contributed by atoms with Gasteiger partial charge in [-0.3, -0.25) is 0 Å². The minimum absolute atomic E-state index is 0.799. The van der Waals surface area contributed by atoms with Gasteiger partial charge < -0.3 is 0 Å². The van der Waals surface area contributed by atoms with E-state index in [4.69, 9.17) is 0 Å². The van der Waals surface area contributed by atoms with Gasteiger partial charge in [-0.1, -0.05) is 29.0 Å². The number of rotatable bonds is 2. The van der Waals surface area contributed by atoms with E-state index < -0.39 is 0 Å². The molecule has 1 aromatic heterocycles. The summed E-state index contributed by atoms with van der Waals surface area (Å²) in [6.45, 7) is 5.02. The van der Waals surface area contributed by atoms with Gasteiger partial charge in [0.05, 0.1) is 12.7 Å². The summed E-state index contributed by atoms with van der Waals surface area (Å²) in [4.78, 5) is 0. The molecule has 0 N–H and O–H groups in total. The lowest BCUT2D eigenvalue weighted by Gasteiger charge is -2.06. The van der Waals surface area contributed by atoms with E-state index in [1.165, 1.54) is 16.7 Å². The maximum absolute atomic E-state index is 3.95. The Kier molecular flexibility index (Phi) is 2.31. The van der Waals surface area contributed by atoms with Crippen LogP contribution in [0, 0.1) is 13.8 Å². The molecule has 0 saturated carbocycles. The van der Waals surface area contributed by atoms with Crippen LogP contribution in [0.1, 0.15) is 16.7 Å². The molecule has 3 heteroatoms. The molecule has 2 aromatic rings. The molecule has 0 spiro atoms. The van der Waals surface area contributed by atoms with Crippen molar-refractivity contribution in [3.05, 3.63) is 47.3 Å². The maximum atomic E-state index is 3.95. The van der Waals surface area contributed by atoms with Gasteiger partial charge in [-0.05, 0) is 25.0 Å². The molecular weight excluding hydrogens is 174 g/mol. The Morgan fingerprint density at radius 1 is 1.29 bits per heavy atom. The lowest BCUT2D eigenvalue weighted by Crippen LogP contribution is -2.02. The van der Waals surface area contributed by atoms with Crippen LogP contribution in [0.25, 0.3) is 0 Å². The van der Waals surface area contributed by atoms with Crippen molar-refractivity contribution in [3.63, 3.8) is 0 Å². The Bertz CT molecular complexity index is 418. The van der Waals surface area contributed by atoms with Crippen LogP contribution in [0.5, 0.6) is 0 Å². The summed E-state index contributed by atoms with van der Waals surface area (Å²) in [5, 5.41) is 7.73. The number of hydrogen-bond donors (Lipinski definition) is 0. The summed E-state index contributed by atoms with van der Waals surface area (Å²) in [6.07, 6.45) is 3.58. The van der Waals surface area contributed by atoms with E-state index in [2.05, 4.69) is 42.4 Å². The number of aromatic nitrogens is 3. The summed E-state index contributed by atoms with van der Waals surface area (Å²) in [7, 11) is 0. The predicted molar refractivity (Wildman–Crippen MR) is 55.0 cm³/mol. The molecule has 0 unspecified atom stereocenters. The van der Waals surface area contributed by atoms with Crippen molar-refractivity contribution in [2.75, 3.05) is 0 Å². The van der Waals surface area contributed by atoms with E-state index in [0.717, 1.165) is 6.54 Å². The smallest absolute Gasteiger partial charge is 0.0693 e. The van der Waals surface area contributed by atoms with Gasteiger partial charge in [-0.25, -0.2) is 4.68 Å². The van der Waals surface area contributed by atoms with E-state index in [1.807, 2.05) is 10.9 Å². The van der Waals surface area contributed by atoms with E-state index in [-0.39, 0.29) is 0 Å². The summed E-state index contributed by atoms with van der Waals surface area (Å²) < 4.78 is 1.84. The SMILES string of the molecule is Cc1ccc(C)c(Cn2ccnn2)c1. The third-order valence-electron chi connectivity index (χ3n) is 2.31. The molecule has 0 aliphatic carbocycles. The molecule has 1 aromatic carbocycles. The minimum Gasteiger partial charge on any atom is -0.248 e. The van der Waals surface area contributed by atoms with Crippen LogP contribution >= 0.6 is 0 Å². The van der Waals surface area contributed by atoms with Gasteiger partial charge in [0.15, 0.2) is 0 Å². The fourth-order valence-corrected chi connectivity index (χ4v) is 1.46. The fourth-order valence-electron chi connectivity index (χ4n) is 1.46. The Hall–Kier alpha value is -1.64. The first-order valence-corrected chi connectivity index (χ1v) is 4.66. The van der Waals surface area contributed by atoms with Crippen molar-refractivity contribution < 1.29 is 0 Å². The van der Waals surface area contributed by atoms with Crippen LogP contribution in [-0.2, 0) is 6.54 Å². The highest BCUT2D eigenvalue weighted by Crippen LogP contribution is 2.11. The van der Waals surface area contributed by atoms with Crippen molar-refractivity contribution in [2.45, 2.75) is 20.4 Å². The van der Waals surface area contributed by atoms with Gasteiger partial charge in [-0.2, -0.15) is 0 Å². The molecule has 14 heavy (non-hydrogen) atoms. The first-order valence-electron chi connectivity index (χ1n) is 4.66. The molecule has 3 nitrogen and oxygen atoms in total. The molecule has 1 heterocycles. The number of hydrogen-bond acceptors (Lipinski definition) is 2. The average molecular weight is 187 g/mol.